The molecule has 0 bridgehead atoms. The highest BCUT2D eigenvalue weighted by Crippen LogP contribution is 2.37. The van der Waals surface area contributed by atoms with Gasteiger partial charge in [0, 0.05) is 10.9 Å². The number of nitrogens with zero attached hydrogens (tertiary/aromatic N) is 1. The first-order valence-electron chi connectivity index (χ1n) is 9.34. The third kappa shape index (κ3) is 4.03. The predicted octanol–water partition coefficient (Wildman–Crippen LogP) is 4.57. The Bertz CT molecular complexity index is 1320. The second-order valence-corrected chi connectivity index (χ2v) is 9.37. The molecule has 1 N–H and O–H groups in total. The van der Waals surface area contributed by atoms with E-state index in [4.69, 9.17) is 4.74 Å². The summed E-state index contributed by atoms with van der Waals surface area (Å²) in [6, 6.07) is 12.8. The van der Waals surface area contributed by atoms with Crippen molar-refractivity contribution in [2.75, 3.05) is 6.61 Å². The van der Waals surface area contributed by atoms with E-state index in [2.05, 4.69) is 15.9 Å². The first kappa shape index (κ1) is 22.8. The van der Waals surface area contributed by atoms with Crippen LogP contribution < -0.4 is 0 Å². The molecule has 0 aliphatic carbocycles. The van der Waals surface area contributed by atoms with E-state index in [0.717, 1.165) is 9.54 Å². The number of halogens is 1. The molecule has 31 heavy (non-hydrogen) atoms. The third-order valence-electron chi connectivity index (χ3n) is 4.75. The fourth-order valence-corrected chi connectivity index (χ4v) is 5.02. The van der Waals surface area contributed by atoms with E-state index in [9.17, 15) is 23.1 Å². The zero-order chi connectivity index (χ0) is 22.9. The molecule has 0 aliphatic heterocycles. The molecule has 0 saturated carbocycles. The Morgan fingerprint density at radius 2 is 1.71 bits per heavy atom. The van der Waals surface area contributed by atoms with Crippen LogP contribution in [0.15, 0.2) is 57.9 Å². The number of aryl methyl sites for hydroxylation is 1. The fourth-order valence-electron chi connectivity index (χ4n) is 3.31. The second-order valence-electron chi connectivity index (χ2n) is 6.79. The van der Waals surface area contributed by atoms with Gasteiger partial charge in [0.25, 0.3) is 10.0 Å². The molecule has 9 heteroatoms. The molecule has 3 aromatic rings. The number of hydrogen-bond donors (Lipinski definition) is 1. The van der Waals surface area contributed by atoms with Gasteiger partial charge in [-0.1, -0.05) is 35.9 Å². The van der Waals surface area contributed by atoms with Crippen molar-refractivity contribution in [1.29, 1.82) is 0 Å². The monoisotopic (exact) mass is 505 g/mol. The van der Waals surface area contributed by atoms with Crippen LogP contribution in [0.25, 0.3) is 16.5 Å². The van der Waals surface area contributed by atoms with E-state index in [1.807, 2.05) is 6.92 Å². The molecule has 0 spiro atoms. The molecule has 0 radical (unpaired) electrons. The predicted molar refractivity (Wildman–Crippen MR) is 121 cm³/mol. The Hall–Kier alpha value is -2.91. The summed E-state index contributed by atoms with van der Waals surface area (Å²) in [6.07, 6.45) is 0. The van der Waals surface area contributed by atoms with Gasteiger partial charge in [-0.05, 0) is 60.5 Å². The first-order chi connectivity index (χ1) is 14.6. The standard InChI is InChI=1S/C22H20BrNO6S/c1-4-30-22(27)20-18(14(3)19(23)21(25)26)16-7-5-6-8-17(16)24(20)31(28,29)15-11-9-13(2)10-12-15/h5-12H,4H2,1-3H3,(H,25,26)/b19-14-. The number of aliphatic carboxylic acids is 1. The van der Waals surface area contributed by atoms with Crippen LogP contribution in [0.5, 0.6) is 0 Å². The van der Waals surface area contributed by atoms with Gasteiger partial charge < -0.3 is 9.84 Å². The van der Waals surface area contributed by atoms with E-state index in [1.54, 1.807) is 43.3 Å². The zero-order valence-corrected chi connectivity index (χ0v) is 19.5. The van der Waals surface area contributed by atoms with Crippen molar-refractivity contribution in [1.82, 2.24) is 3.97 Å². The number of rotatable bonds is 6. The molecule has 2 aromatic carbocycles. The number of carboxylic acids is 1. The maximum absolute atomic E-state index is 13.6. The topological polar surface area (TPSA) is 103 Å². The molecule has 3 rings (SSSR count). The summed E-state index contributed by atoms with van der Waals surface area (Å²) < 4.78 is 33.2. The Morgan fingerprint density at radius 1 is 1.10 bits per heavy atom. The summed E-state index contributed by atoms with van der Waals surface area (Å²) in [5.74, 6) is -2.11. The lowest BCUT2D eigenvalue weighted by molar-refractivity contribution is -0.131. The van der Waals surface area contributed by atoms with Gasteiger partial charge in [0.15, 0.2) is 5.69 Å². The van der Waals surface area contributed by atoms with Crippen molar-refractivity contribution >= 4 is 54.4 Å². The Labute approximate surface area is 188 Å². The third-order valence-corrected chi connectivity index (χ3v) is 7.41. The molecule has 1 heterocycles. The SMILES string of the molecule is CCOC(=O)c1c(/C(C)=C(\Br)C(=O)O)c2ccccc2n1S(=O)(=O)c1ccc(C)cc1. The Morgan fingerprint density at radius 3 is 2.29 bits per heavy atom. The normalized spacial score (nSPS) is 12.5. The number of para-hydroxylation sites is 1. The molecule has 0 atom stereocenters. The quantitative estimate of drug-likeness (QED) is 0.388. The van der Waals surface area contributed by atoms with Crippen molar-refractivity contribution < 1.29 is 27.9 Å². The van der Waals surface area contributed by atoms with Gasteiger partial charge >= 0.3 is 11.9 Å². The van der Waals surface area contributed by atoms with Gasteiger partial charge in [-0.15, -0.1) is 0 Å². The molecule has 0 fully saturated rings. The molecule has 162 valence electrons. The number of allylic oxidation sites excluding steroid dienone is 1. The van der Waals surface area contributed by atoms with E-state index >= 15 is 0 Å². The van der Waals surface area contributed by atoms with E-state index < -0.39 is 22.0 Å². The largest absolute Gasteiger partial charge is 0.477 e. The number of carbonyl (C=O) groups is 2. The summed E-state index contributed by atoms with van der Waals surface area (Å²) in [4.78, 5) is 24.6. The van der Waals surface area contributed by atoms with Crippen molar-refractivity contribution in [3.05, 3.63) is 69.8 Å². The average Bonchev–Trinajstić information content (AvgIpc) is 3.09. The molecular weight excluding hydrogens is 486 g/mol. The van der Waals surface area contributed by atoms with Crippen LogP contribution in [0.1, 0.15) is 35.5 Å². The molecular formula is C22H20BrNO6S. The molecule has 0 amide bonds. The maximum Gasteiger partial charge on any atom is 0.356 e. The number of esters is 1. The van der Waals surface area contributed by atoms with Crippen LogP contribution in [-0.4, -0.2) is 36.0 Å². The Kier molecular flexibility index (Phi) is 6.38. The summed E-state index contributed by atoms with van der Waals surface area (Å²) in [5, 5.41) is 9.86. The van der Waals surface area contributed by atoms with Gasteiger partial charge in [0.1, 0.15) is 4.48 Å². The van der Waals surface area contributed by atoms with Crippen molar-refractivity contribution in [3.8, 4) is 0 Å². The highest BCUT2D eigenvalue weighted by Gasteiger charge is 2.33. The van der Waals surface area contributed by atoms with Crippen molar-refractivity contribution in [2.45, 2.75) is 25.7 Å². The van der Waals surface area contributed by atoms with Crippen molar-refractivity contribution in [2.24, 2.45) is 0 Å². The minimum Gasteiger partial charge on any atom is -0.477 e. The summed E-state index contributed by atoms with van der Waals surface area (Å²) in [7, 11) is -4.20. The highest BCUT2D eigenvalue weighted by atomic mass is 79.9. The zero-order valence-electron chi connectivity index (χ0n) is 17.0. The lowest BCUT2D eigenvalue weighted by Gasteiger charge is -2.13. The molecule has 7 nitrogen and oxygen atoms in total. The summed E-state index contributed by atoms with van der Waals surface area (Å²) in [5.41, 5.74) is 1.25. The maximum atomic E-state index is 13.6. The van der Waals surface area contributed by atoms with Crippen LogP contribution >= 0.6 is 15.9 Å². The minimum atomic E-state index is -4.20. The van der Waals surface area contributed by atoms with Crippen LogP contribution in [0.3, 0.4) is 0 Å². The number of ether oxygens (including phenoxy) is 1. The molecule has 0 unspecified atom stereocenters. The average molecular weight is 506 g/mol. The van der Waals surface area contributed by atoms with Crippen LogP contribution in [-0.2, 0) is 19.6 Å². The van der Waals surface area contributed by atoms with Gasteiger partial charge in [-0.2, -0.15) is 0 Å². The highest BCUT2D eigenvalue weighted by molar-refractivity contribution is 9.12. The second kappa shape index (κ2) is 8.68. The Balaban J connectivity index is 2.51. The lowest BCUT2D eigenvalue weighted by Crippen LogP contribution is -2.21. The van der Waals surface area contributed by atoms with Gasteiger partial charge in [0.2, 0.25) is 0 Å². The van der Waals surface area contributed by atoms with Crippen LogP contribution in [0.2, 0.25) is 0 Å². The number of carbonyl (C=O) groups excluding carboxylic acids is 1. The lowest BCUT2D eigenvalue weighted by atomic mass is 10.0. The summed E-state index contributed by atoms with van der Waals surface area (Å²) >= 11 is 3.03. The van der Waals surface area contributed by atoms with E-state index in [0.29, 0.717) is 5.39 Å². The minimum absolute atomic E-state index is 0.00474. The first-order valence-corrected chi connectivity index (χ1v) is 11.6. The smallest absolute Gasteiger partial charge is 0.356 e. The van der Waals surface area contributed by atoms with Gasteiger partial charge in [-0.3, -0.25) is 0 Å². The number of hydrogen-bond acceptors (Lipinski definition) is 5. The number of fused-ring (bicyclic) bond motifs is 1. The van der Waals surface area contributed by atoms with E-state index in [-0.39, 0.29) is 38.3 Å². The number of carboxylic acid groups (broad SMARTS) is 1. The number of aromatic nitrogens is 1. The van der Waals surface area contributed by atoms with Gasteiger partial charge in [0.05, 0.1) is 17.0 Å². The summed E-state index contributed by atoms with van der Waals surface area (Å²) in [6.45, 7) is 4.97. The van der Waals surface area contributed by atoms with E-state index in [1.165, 1.54) is 19.1 Å². The van der Waals surface area contributed by atoms with Crippen LogP contribution in [0.4, 0.5) is 0 Å². The van der Waals surface area contributed by atoms with Crippen molar-refractivity contribution in [3.63, 3.8) is 0 Å². The molecule has 0 aliphatic rings. The molecule has 0 saturated heterocycles. The van der Waals surface area contributed by atoms with Crippen LogP contribution in [0, 0.1) is 6.92 Å². The van der Waals surface area contributed by atoms with Gasteiger partial charge in [-0.25, -0.2) is 22.0 Å². The number of benzene rings is 2. The molecule has 1 aromatic heterocycles. The fraction of sp³-hybridized carbons (Fsp3) is 0.182.